The second kappa shape index (κ2) is 7.41. The van der Waals surface area contributed by atoms with Crippen LogP contribution in [0.2, 0.25) is 0 Å². The third kappa shape index (κ3) is 3.77. The molecule has 1 saturated heterocycles. The molecule has 3 rings (SSSR count). The van der Waals surface area contributed by atoms with Gasteiger partial charge in [-0.2, -0.15) is 0 Å². The smallest absolute Gasteiger partial charge is 0.274 e. The third-order valence-corrected chi connectivity index (χ3v) is 6.54. The van der Waals surface area contributed by atoms with Gasteiger partial charge in [0.25, 0.3) is 15.8 Å². The minimum atomic E-state index is -3.58. The van der Waals surface area contributed by atoms with Gasteiger partial charge in [0.15, 0.2) is 0 Å². The zero-order chi connectivity index (χ0) is 17.9. The van der Waals surface area contributed by atoms with Crippen LogP contribution in [0.3, 0.4) is 0 Å². The Morgan fingerprint density at radius 3 is 2.36 bits per heavy atom. The van der Waals surface area contributed by atoms with Gasteiger partial charge in [-0.1, -0.05) is 18.2 Å². The van der Waals surface area contributed by atoms with Gasteiger partial charge in [-0.3, -0.25) is 9.21 Å². The summed E-state index contributed by atoms with van der Waals surface area (Å²) in [5.41, 5.74) is 0.677. The van der Waals surface area contributed by atoms with Gasteiger partial charge < -0.3 is 4.90 Å². The molecular weight excluding hydrogens is 336 g/mol. The molecule has 0 atom stereocenters. The molecule has 2 N–H and O–H groups in total. The van der Waals surface area contributed by atoms with Crippen LogP contribution in [0, 0.1) is 0 Å². The minimum Gasteiger partial charge on any atom is -0.331 e. The summed E-state index contributed by atoms with van der Waals surface area (Å²) in [6.07, 6.45) is 1.60. The first-order chi connectivity index (χ1) is 12.0. The van der Waals surface area contributed by atoms with E-state index in [9.17, 15) is 8.42 Å². The van der Waals surface area contributed by atoms with Gasteiger partial charge in [0.05, 0.1) is 12.7 Å². The van der Waals surface area contributed by atoms with Crippen molar-refractivity contribution in [2.75, 3.05) is 49.0 Å². The Morgan fingerprint density at radius 2 is 1.80 bits per heavy atom. The Kier molecular flexibility index (Phi) is 5.24. The molecule has 134 valence electrons. The van der Waals surface area contributed by atoms with Crippen molar-refractivity contribution < 1.29 is 18.3 Å². The van der Waals surface area contributed by atoms with Crippen molar-refractivity contribution in [3.05, 3.63) is 48.7 Å². The molecule has 0 radical (unpaired) electrons. The van der Waals surface area contributed by atoms with E-state index in [0.29, 0.717) is 12.2 Å². The molecule has 0 amide bonds. The molecule has 1 aromatic heterocycles. The molecule has 2 heterocycles. The van der Waals surface area contributed by atoms with Crippen LogP contribution >= 0.6 is 0 Å². The van der Waals surface area contributed by atoms with Crippen LogP contribution in [0.1, 0.15) is 6.92 Å². The number of hydrogen-bond donors (Lipinski definition) is 1. The fourth-order valence-electron chi connectivity index (χ4n) is 3.10. The van der Waals surface area contributed by atoms with Gasteiger partial charge in [-0.25, -0.2) is 13.4 Å². The van der Waals surface area contributed by atoms with Crippen LogP contribution in [0.5, 0.6) is 0 Å². The van der Waals surface area contributed by atoms with Crippen molar-refractivity contribution in [3.63, 3.8) is 0 Å². The largest absolute Gasteiger partial charge is 0.331 e. The summed E-state index contributed by atoms with van der Waals surface area (Å²) in [5.74, 6) is 0.967. The summed E-state index contributed by atoms with van der Waals surface area (Å²) in [6.45, 7) is 6.35. The topological polar surface area (TPSA) is 59.2 Å². The van der Waals surface area contributed by atoms with Crippen LogP contribution in [0.25, 0.3) is 0 Å². The highest BCUT2D eigenvalue weighted by atomic mass is 32.2. The Labute approximate surface area is 149 Å². The summed E-state index contributed by atoms with van der Waals surface area (Å²) in [5, 5.41) is 0. The number of quaternary nitrogens is 1. The highest BCUT2D eigenvalue weighted by Gasteiger charge is 2.27. The molecule has 1 aromatic carbocycles. The summed E-state index contributed by atoms with van der Waals surface area (Å²) >= 11 is 0. The number of benzene rings is 1. The first-order valence-electron chi connectivity index (χ1n) is 8.68. The van der Waals surface area contributed by atoms with Crippen LogP contribution in [0.4, 0.5) is 11.5 Å². The van der Waals surface area contributed by atoms with Crippen molar-refractivity contribution in [2.24, 2.45) is 0 Å². The number of aromatic amines is 1. The Morgan fingerprint density at radius 1 is 1.12 bits per heavy atom. The molecule has 0 unspecified atom stereocenters. The van der Waals surface area contributed by atoms with Gasteiger partial charge in [-0.15, -0.1) is 0 Å². The molecular formula is C18H26N4O2S+2. The molecule has 7 heteroatoms. The monoisotopic (exact) mass is 362 g/mol. The number of pyridine rings is 1. The number of piperazine rings is 1. The molecule has 0 spiro atoms. The van der Waals surface area contributed by atoms with Gasteiger partial charge in [-0.05, 0) is 25.1 Å². The van der Waals surface area contributed by atoms with E-state index in [1.165, 1.54) is 9.21 Å². The predicted octanol–water partition coefficient (Wildman–Crippen LogP) is 0.0506. The zero-order valence-corrected chi connectivity index (χ0v) is 15.6. The predicted molar refractivity (Wildman–Crippen MR) is 98.5 cm³/mol. The van der Waals surface area contributed by atoms with E-state index in [4.69, 9.17) is 0 Å². The summed E-state index contributed by atoms with van der Waals surface area (Å²) in [4.78, 5) is 7.24. The van der Waals surface area contributed by atoms with Crippen LogP contribution in [0.15, 0.2) is 53.6 Å². The Bertz CT molecular complexity index is 786. The Hall–Kier alpha value is -2.12. The number of likely N-dealkylation sites (N-methyl/N-ethyl adjacent to an activating group) is 1. The van der Waals surface area contributed by atoms with E-state index in [1.54, 1.807) is 12.3 Å². The maximum atomic E-state index is 13.0. The number of H-pyrrole nitrogens is 1. The lowest BCUT2D eigenvalue weighted by Crippen LogP contribution is -3.12. The van der Waals surface area contributed by atoms with Crippen molar-refractivity contribution in [3.8, 4) is 0 Å². The average Bonchev–Trinajstić information content (AvgIpc) is 2.64. The number of nitrogens with one attached hydrogen (secondary N) is 2. The second-order valence-corrected chi connectivity index (χ2v) is 8.22. The molecule has 25 heavy (non-hydrogen) atoms. The first-order valence-corrected chi connectivity index (χ1v) is 10.1. The molecule has 1 aliphatic heterocycles. The van der Waals surface area contributed by atoms with Gasteiger partial charge in [0.2, 0.25) is 0 Å². The number of nitrogens with zero attached hydrogens (tertiary/aromatic N) is 2. The molecule has 1 fully saturated rings. The van der Waals surface area contributed by atoms with E-state index in [0.717, 1.165) is 32.0 Å². The first kappa shape index (κ1) is 17.7. The van der Waals surface area contributed by atoms with Gasteiger partial charge >= 0.3 is 0 Å². The lowest BCUT2D eigenvalue weighted by atomic mass is 10.3. The fraction of sp³-hybridized carbons (Fsp3) is 0.389. The lowest BCUT2D eigenvalue weighted by molar-refractivity contribution is -0.880. The van der Waals surface area contributed by atoms with E-state index in [2.05, 4.69) is 16.9 Å². The number of aromatic nitrogens is 1. The summed E-state index contributed by atoms with van der Waals surface area (Å²) < 4.78 is 27.4. The molecule has 6 nitrogen and oxygen atoms in total. The lowest BCUT2D eigenvalue weighted by Gasteiger charge is -2.25. The van der Waals surface area contributed by atoms with Crippen molar-refractivity contribution >= 4 is 21.5 Å². The fourth-order valence-corrected chi connectivity index (χ4v) is 4.54. The summed E-state index contributed by atoms with van der Waals surface area (Å²) in [6, 6.07) is 12.8. The summed E-state index contributed by atoms with van der Waals surface area (Å²) in [7, 11) is -1.39. The van der Waals surface area contributed by atoms with Gasteiger partial charge in [0.1, 0.15) is 37.3 Å². The van der Waals surface area contributed by atoms with Crippen molar-refractivity contribution in [1.82, 2.24) is 0 Å². The van der Waals surface area contributed by atoms with Crippen molar-refractivity contribution in [2.45, 2.75) is 11.8 Å². The normalized spacial score (nSPS) is 16.0. The van der Waals surface area contributed by atoms with Gasteiger partial charge in [0, 0.05) is 12.6 Å². The van der Waals surface area contributed by atoms with Crippen LogP contribution < -0.4 is 19.1 Å². The highest BCUT2D eigenvalue weighted by Crippen LogP contribution is 2.23. The molecule has 1 aliphatic rings. The number of sulfonamides is 1. The molecule has 0 aliphatic carbocycles. The molecule has 0 bridgehead atoms. The van der Waals surface area contributed by atoms with E-state index in [1.807, 2.05) is 43.3 Å². The van der Waals surface area contributed by atoms with Crippen LogP contribution in [-0.4, -0.2) is 48.2 Å². The standard InChI is InChI=1S/C18H24N4O2S/c1-3-22(16-7-5-4-6-8-16)25(23,24)17-9-10-18(19-15-17)21-13-11-20(2)12-14-21/h4-10,15H,3,11-14H2,1-2H3/p+2. The number of rotatable bonds is 5. The average molecular weight is 362 g/mol. The molecule has 0 saturated carbocycles. The van der Waals surface area contributed by atoms with Crippen molar-refractivity contribution in [1.29, 1.82) is 0 Å². The number of anilines is 2. The van der Waals surface area contributed by atoms with E-state index >= 15 is 0 Å². The number of para-hydroxylation sites is 1. The quantitative estimate of drug-likeness (QED) is 0.818. The van der Waals surface area contributed by atoms with E-state index in [-0.39, 0.29) is 4.90 Å². The minimum absolute atomic E-state index is 0.279. The number of hydrogen-bond acceptors (Lipinski definition) is 3. The SMILES string of the molecule is CCN(c1ccccc1)S(=O)(=O)c1ccc(N2CC[NH+](C)CC2)[nH+]c1. The van der Waals surface area contributed by atoms with E-state index < -0.39 is 10.0 Å². The second-order valence-electron chi connectivity index (χ2n) is 6.36. The zero-order valence-electron chi connectivity index (χ0n) is 14.8. The molecule has 2 aromatic rings. The maximum Gasteiger partial charge on any atom is 0.274 e. The van der Waals surface area contributed by atoms with Crippen LogP contribution in [-0.2, 0) is 10.0 Å². The highest BCUT2D eigenvalue weighted by molar-refractivity contribution is 7.92. The Balaban J connectivity index is 1.83. The third-order valence-electron chi connectivity index (χ3n) is 4.64. The maximum absolute atomic E-state index is 13.0.